The SMILES string of the molecule is CCn1nnnc1-c1cccc(NC2CCN(c3ccccn3)CC2)c1. The number of pyridine rings is 1. The summed E-state index contributed by atoms with van der Waals surface area (Å²) in [5.41, 5.74) is 2.15. The molecule has 1 aliphatic rings. The van der Waals surface area contributed by atoms with E-state index in [4.69, 9.17) is 0 Å². The van der Waals surface area contributed by atoms with Gasteiger partial charge in [-0.15, -0.1) is 5.10 Å². The molecule has 0 aliphatic carbocycles. The molecule has 0 unspecified atom stereocenters. The molecular formula is C19H23N7. The lowest BCUT2D eigenvalue weighted by Crippen LogP contribution is -2.39. The molecule has 0 saturated carbocycles. The predicted molar refractivity (Wildman–Crippen MR) is 102 cm³/mol. The summed E-state index contributed by atoms with van der Waals surface area (Å²) in [5, 5.41) is 15.6. The molecule has 1 saturated heterocycles. The van der Waals surface area contributed by atoms with Crippen molar-refractivity contribution in [3.05, 3.63) is 48.7 Å². The topological polar surface area (TPSA) is 71.8 Å². The van der Waals surface area contributed by atoms with Crippen molar-refractivity contribution in [1.82, 2.24) is 25.2 Å². The van der Waals surface area contributed by atoms with E-state index in [9.17, 15) is 0 Å². The van der Waals surface area contributed by atoms with Crippen molar-refractivity contribution in [2.24, 2.45) is 0 Å². The van der Waals surface area contributed by atoms with Gasteiger partial charge in [-0.25, -0.2) is 9.67 Å². The molecular weight excluding hydrogens is 326 g/mol. The summed E-state index contributed by atoms with van der Waals surface area (Å²) in [6.07, 6.45) is 4.04. The van der Waals surface area contributed by atoms with Crippen molar-refractivity contribution in [1.29, 1.82) is 0 Å². The molecule has 0 bridgehead atoms. The number of hydrogen-bond acceptors (Lipinski definition) is 6. The van der Waals surface area contributed by atoms with Gasteiger partial charge in [0.15, 0.2) is 5.82 Å². The van der Waals surface area contributed by atoms with Crippen molar-refractivity contribution < 1.29 is 0 Å². The van der Waals surface area contributed by atoms with Gasteiger partial charge in [-0.05, 0) is 54.5 Å². The Morgan fingerprint density at radius 1 is 1.12 bits per heavy atom. The van der Waals surface area contributed by atoms with Crippen LogP contribution < -0.4 is 10.2 Å². The van der Waals surface area contributed by atoms with Crippen LogP contribution in [0.2, 0.25) is 0 Å². The maximum Gasteiger partial charge on any atom is 0.182 e. The minimum absolute atomic E-state index is 0.465. The zero-order valence-corrected chi connectivity index (χ0v) is 14.9. The van der Waals surface area contributed by atoms with Crippen LogP contribution in [0.25, 0.3) is 11.4 Å². The third-order valence-electron chi connectivity index (χ3n) is 4.79. The molecule has 4 rings (SSSR count). The Hall–Kier alpha value is -2.96. The molecule has 3 heterocycles. The number of hydrogen-bond donors (Lipinski definition) is 1. The van der Waals surface area contributed by atoms with Crippen LogP contribution in [0.4, 0.5) is 11.5 Å². The van der Waals surface area contributed by atoms with Gasteiger partial charge in [-0.2, -0.15) is 0 Å². The summed E-state index contributed by atoms with van der Waals surface area (Å²) in [7, 11) is 0. The van der Waals surface area contributed by atoms with Crippen LogP contribution in [0.1, 0.15) is 19.8 Å². The number of rotatable bonds is 5. The summed E-state index contributed by atoms with van der Waals surface area (Å²) >= 11 is 0. The monoisotopic (exact) mass is 349 g/mol. The molecule has 1 N–H and O–H groups in total. The summed E-state index contributed by atoms with van der Waals surface area (Å²) in [5.74, 6) is 1.88. The van der Waals surface area contributed by atoms with E-state index < -0.39 is 0 Å². The van der Waals surface area contributed by atoms with E-state index in [1.165, 1.54) is 0 Å². The van der Waals surface area contributed by atoms with Crippen LogP contribution in [0.15, 0.2) is 48.7 Å². The van der Waals surface area contributed by atoms with E-state index >= 15 is 0 Å². The molecule has 7 heteroatoms. The Balaban J connectivity index is 1.40. The molecule has 1 aliphatic heterocycles. The molecule has 0 spiro atoms. The van der Waals surface area contributed by atoms with Gasteiger partial charge < -0.3 is 10.2 Å². The highest BCUT2D eigenvalue weighted by Crippen LogP contribution is 2.24. The predicted octanol–water partition coefficient (Wildman–Crippen LogP) is 2.84. The normalized spacial score (nSPS) is 15.2. The Morgan fingerprint density at radius 3 is 2.77 bits per heavy atom. The number of aromatic nitrogens is 5. The summed E-state index contributed by atoms with van der Waals surface area (Å²) in [6, 6.07) is 14.9. The second kappa shape index (κ2) is 7.51. The smallest absolute Gasteiger partial charge is 0.182 e. The second-order valence-electron chi connectivity index (χ2n) is 6.49. The number of aryl methyl sites for hydroxylation is 1. The quantitative estimate of drug-likeness (QED) is 0.764. The van der Waals surface area contributed by atoms with E-state index in [1.54, 1.807) is 0 Å². The van der Waals surface area contributed by atoms with Crippen molar-refractivity contribution in [3.8, 4) is 11.4 Å². The molecule has 1 fully saturated rings. The van der Waals surface area contributed by atoms with Crippen LogP contribution in [0, 0.1) is 0 Å². The second-order valence-corrected chi connectivity index (χ2v) is 6.49. The van der Waals surface area contributed by atoms with Gasteiger partial charge in [0.05, 0.1) is 0 Å². The molecule has 0 atom stereocenters. The van der Waals surface area contributed by atoms with Gasteiger partial charge in [0, 0.05) is 43.1 Å². The first-order valence-electron chi connectivity index (χ1n) is 9.12. The van der Waals surface area contributed by atoms with Crippen molar-refractivity contribution in [2.45, 2.75) is 32.4 Å². The highest BCUT2D eigenvalue weighted by Gasteiger charge is 2.20. The fourth-order valence-electron chi connectivity index (χ4n) is 3.40. The highest BCUT2D eigenvalue weighted by molar-refractivity contribution is 5.62. The fourth-order valence-corrected chi connectivity index (χ4v) is 3.40. The van der Waals surface area contributed by atoms with Crippen molar-refractivity contribution >= 4 is 11.5 Å². The lowest BCUT2D eigenvalue weighted by molar-refractivity contribution is 0.523. The number of tetrazole rings is 1. The van der Waals surface area contributed by atoms with E-state index in [1.807, 2.05) is 36.0 Å². The molecule has 2 aromatic heterocycles. The third-order valence-corrected chi connectivity index (χ3v) is 4.79. The molecule has 134 valence electrons. The molecule has 7 nitrogen and oxygen atoms in total. The molecule has 0 radical (unpaired) electrons. The van der Waals surface area contributed by atoms with Crippen LogP contribution in [0.3, 0.4) is 0 Å². The number of nitrogens with zero attached hydrogens (tertiary/aromatic N) is 6. The van der Waals surface area contributed by atoms with Crippen LogP contribution >= 0.6 is 0 Å². The number of piperidine rings is 1. The van der Waals surface area contributed by atoms with Gasteiger partial charge in [0.25, 0.3) is 0 Å². The number of nitrogens with one attached hydrogen (secondary N) is 1. The van der Waals surface area contributed by atoms with Gasteiger partial charge in [-0.3, -0.25) is 0 Å². The lowest BCUT2D eigenvalue weighted by Gasteiger charge is -2.33. The summed E-state index contributed by atoms with van der Waals surface area (Å²) in [6.45, 7) is 4.83. The first-order chi connectivity index (χ1) is 12.8. The summed E-state index contributed by atoms with van der Waals surface area (Å²) < 4.78 is 1.81. The van der Waals surface area contributed by atoms with Crippen LogP contribution in [0.5, 0.6) is 0 Å². The molecule has 26 heavy (non-hydrogen) atoms. The average Bonchev–Trinajstić information content (AvgIpc) is 3.18. The minimum Gasteiger partial charge on any atom is -0.382 e. The Kier molecular flexibility index (Phi) is 4.77. The molecule has 1 aromatic carbocycles. The summed E-state index contributed by atoms with van der Waals surface area (Å²) in [4.78, 5) is 6.80. The average molecular weight is 349 g/mol. The lowest BCUT2D eigenvalue weighted by atomic mass is 10.0. The van der Waals surface area contributed by atoms with Crippen LogP contribution in [-0.4, -0.2) is 44.3 Å². The minimum atomic E-state index is 0.465. The molecule has 3 aromatic rings. The van der Waals surface area contributed by atoms with Gasteiger partial charge in [0.1, 0.15) is 5.82 Å². The molecule has 0 amide bonds. The maximum atomic E-state index is 4.45. The highest BCUT2D eigenvalue weighted by atomic mass is 15.5. The van der Waals surface area contributed by atoms with Gasteiger partial charge in [-0.1, -0.05) is 18.2 Å². The Labute approximate surface area is 153 Å². The first kappa shape index (κ1) is 16.5. The van der Waals surface area contributed by atoms with E-state index in [0.717, 1.165) is 55.4 Å². The first-order valence-corrected chi connectivity index (χ1v) is 9.12. The standard InChI is InChI=1S/C19H23N7/c1-2-26-19(22-23-24-26)15-6-5-7-17(14-15)21-16-9-12-25(13-10-16)18-8-3-4-11-20-18/h3-8,11,14,16,21H,2,9-10,12-13H2,1H3. The van der Waals surface area contributed by atoms with Gasteiger partial charge in [0.2, 0.25) is 0 Å². The van der Waals surface area contributed by atoms with Crippen molar-refractivity contribution in [2.75, 3.05) is 23.3 Å². The van der Waals surface area contributed by atoms with Gasteiger partial charge >= 0.3 is 0 Å². The fraction of sp³-hybridized carbons (Fsp3) is 0.368. The van der Waals surface area contributed by atoms with E-state index in [0.29, 0.717) is 6.04 Å². The van der Waals surface area contributed by atoms with Crippen LogP contribution in [-0.2, 0) is 6.54 Å². The van der Waals surface area contributed by atoms with Crippen molar-refractivity contribution in [3.63, 3.8) is 0 Å². The van der Waals surface area contributed by atoms with E-state index in [2.05, 4.69) is 55.0 Å². The zero-order valence-electron chi connectivity index (χ0n) is 14.9. The number of anilines is 2. The Morgan fingerprint density at radius 2 is 2.00 bits per heavy atom. The maximum absolute atomic E-state index is 4.45. The Bertz CT molecular complexity index is 838. The number of benzene rings is 1. The third kappa shape index (κ3) is 3.51. The zero-order chi connectivity index (χ0) is 17.8. The largest absolute Gasteiger partial charge is 0.382 e. The van der Waals surface area contributed by atoms with E-state index in [-0.39, 0.29) is 0 Å².